The number of benzene rings is 2. The molecule has 2 aromatic carbocycles. The van der Waals surface area contributed by atoms with Crippen LogP contribution in [-0.4, -0.2) is 28.6 Å². The highest BCUT2D eigenvalue weighted by atomic mass is 32.1. The summed E-state index contributed by atoms with van der Waals surface area (Å²) in [5, 5.41) is 22.1. The first-order valence-corrected chi connectivity index (χ1v) is 20.9. The Kier molecular flexibility index (Phi) is 15.2. The highest BCUT2D eigenvalue weighted by molar-refractivity contribution is 7.18. The lowest BCUT2D eigenvalue weighted by Gasteiger charge is -2.22. The van der Waals surface area contributed by atoms with E-state index in [0.29, 0.717) is 17.2 Å². The number of hydrogen-bond acceptors (Lipinski definition) is 7. The lowest BCUT2D eigenvalue weighted by atomic mass is 9.87. The molecule has 0 spiro atoms. The topological polar surface area (TPSA) is 83.1 Å². The van der Waals surface area contributed by atoms with Crippen molar-refractivity contribution in [2.45, 2.75) is 150 Å². The van der Waals surface area contributed by atoms with E-state index >= 15 is 0 Å². The normalized spacial score (nSPS) is 15.7. The van der Waals surface area contributed by atoms with E-state index in [1.54, 1.807) is 17.4 Å². The van der Waals surface area contributed by atoms with E-state index in [0.717, 1.165) is 64.6 Å². The Bertz CT molecular complexity index is 1740. The molecule has 282 valence electrons. The number of rotatable bonds is 23. The largest absolute Gasteiger partial charge is 0.506 e. The highest BCUT2D eigenvalue weighted by Crippen LogP contribution is 2.42. The molecule has 0 bridgehead atoms. The number of fused-ring (bicyclic) bond motifs is 2. The van der Waals surface area contributed by atoms with Gasteiger partial charge in [0.05, 0.1) is 29.5 Å². The van der Waals surface area contributed by atoms with E-state index in [2.05, 4.69) is 35.4 Å². The second-order valence-corrected chi connectivity index (χ2v) is 15.7. The van der Waals surface area contributed by atoms with Crippen LogP contribution in [0.1, 0.15) is 141 Å². The number of anilines is 1. The van der Waals surface area contributed by atoms with Crippen LogP contribution in [0.25, 0.3) is 16.3 Å². The van der Waals surface area contributed by atoms with Gasteiger partial charge in [0, 0.05) is 37.3 Å². The molecule has 1 aromatic heterocycles. The molecule has 52 heavy (non-hydrogen) atoms. The van der Waals surface area contributed by atoms with Crippen molar-refractivity contribution in [2.75, 3.05) is 11.4 Å². The van der Waals surface area contributed by atoms with Crippen molar-refractivity contribution in [1.82, 2.24) is 0 Å². The number of allylic oxidation sites excluding steroid dienone is 3. The summed E-state index contributed by atoms with van der Waals surface area (Å²) in [7, 11) is 0. The van der Waals surface area contributed by atoms with Gasteiger partial charge >= 0.3 is 0 Å². The predicted octanol–water partition coefficient (Wildman–Crippen LogP) is 11.3. The number of aliphatic hydroxyl groups excluding tert-OH is 2. The van der Waals surface area contributed by atoms with Gasteiger partial charge in [0.25, 0.3) is 5.01 Å². The number of Topliss-reactive ketones (excluding diaryl/α,β-unsaturated/α-hetero) is 1. The summed E-state index contributed by atoms with van der Waals surface area (Å²) in [6.07, 6.45) is 23.3. The zero-order chi connectivity index (χ0) is 36.9. The Morgan fingerprint density at radius 3 is 2.13 bits per heavy atom. The van der Waals surface area contributed by atoms with Crippen LogP contribution in [0, 0.1) is 0 Å². The fraction of sp³-hybridized carbons (Fsp3) is 0.545. The molecule has 0 unspecified atom stereocenters. The molecule has 1 aliphatic carbocycles. The van der Waals surface area contributed by atoms with Crippen LogP contribution in [0.15, 0.2) is 65.3 Å². The van der Waals surface area contributed by atoms with E-state index in [1.807, 2.05) is 44.2 Å². The monoisotopic (exact) mass is 729 g/mol. The zero-order valence-electron chi connectivity index (χ0n) is 32.1. The van der Waals surface area contributed by atoms with Gasteiger partial charge in [-0.15, -0.1) is 0 Å². The van der Waals surface area contributed by atoms with E-state index in [-0.39, 0.29) is 29.8 Å². The molecule has 7 nitrogen and oxygen atoms in total. The van der Waals surface area contributed by atoms with Crippen molar-refractivity contribution in [3.63, 3.8) is 0 Å². The summed E-state index contributed by atoms with van der Waals surface area (Å²) in [5.41, 5.74) is 3.40. The second-order valence-electron chi connectivity index (χ2n) is 14.7. The summed E-state index contributed by atoms with van der Waals surface area (Å²) >= 11 is 1.62. The van der Waals surface area contributed by atoms with E-state index < -0.39 is 0 Å². The third-order valence-corrected chi connectivity index (χ3v) is 11.2. The first-order chi connectivity index (χ1) is 25.3. The molecule has 1 aliphatic heterocycles. The van der Waals surface area contributed by atoms with Crippen molar-refractivity contribution in [3.05, 3.63) is 75.8 Å². The summed E-state index contributed by atoms with van der Waals surface area (Å²) in [6.45, 7) is 10.1. The van der Waals surface area contributed by atoms with Crippen LogP contribution < -0.4 is 18.9 Å². The molecule has 5 rings (SSSR count). The van der Waals surface area contributed by atoms with Gasteiger partial charge in [0.15, 0.2) is 12.3 Å². The van der Waals surface area contributed by atoms with E-state index in [1.165, 1.54) is 83.5 Å². The summed E-state index contributed by atoms with van der Waals surface area (Å²) in [5.74, 6) is 1.87. The standard InChI is InChI=1S/C44H60N2O5S/c1-5-7-9-11-13-15-17-19-25-45-38-27-33(31-47)21-24-39(38)51-41(45)29-35-43(48)36(44(35)49)30-42-46(26-20-18-16-14-12-10-8-6-2)37-23-22-34(50-32(3)4)28-40(37)52-42/h21-24,27-30,32,47H,5-20,25-26,31H2,1-4H3/p+1. The van der Waals surface area contributed by atoms with E-state index in [9.17, 15) is 15.0 Å². The van der Waals surface area contributed by atoms with Crippen LogP contribution in [-0.2, 0) is 17.9 Å². The minimum atomic E-state index is -0.187. The molecular formula is C44H61N2O5S+. The average molecular weight is 730 g/mol. The van der Waals surface area contributed by atoms with Crippen molar-refractivity contribution in [1.29, 1.82) is 0 Å². The van der Waals surface area contributed by atoms with Gasteiger partial charge in [-0.3, -0.25) is 4.79 Å². The van der Waals surface area contributed by atoms with Gasteiger partial charge in [0.2, 0.25) is 17.2 Å². The number of aliphatic hydroxyl groups is 2. The number of thiazole rings is 1. The van der Waals surface area contributed by atoms with Crippen LogP contribution in [0.2, 0.25) is 0 Å². The van der Waals surface area contributed by atoms with E-state index in [4.69, 9.17) is 9.47 Å². The zero-order valence-corrected chi connectivity index (χ0v) is 32.9. The molecule has 2 N–H and O–H groups in total. The number of unbranched alkanes of at least 4 members (excludes halogenated alkanes) is 14. The molecule has 0 amide bonds. The third kappa shape index (κ3) is 10.3. The molecule has 2 aliphatic rings. The molecule has 0 saturated carbocycles. The predicted molar refractivity (Wildman–Crippen MR) is 214 cm³/mol. The molecule has 0 saturated heterocycles. The molecule has 0 radical (unpaired) electrons. The van der Waals surface area contributed by atoms with Crippen molar-refractivity contribution in [2.24, 2.45) is 0 Å². The molecule has 0 atom stereocenters. The minimum absolute atomic E-state index is 0.0000445. The van der Waals surface area contributed by atoms with Crippen LogP contribution >= 0.6 is 11.3 Å². The lowest BCUT2D eigenvalue weighted by Crippen LogP contribution is -2.35. The number of nitrogens with zero attached hydrogens (tertiary/aromatic N) is 2. The van der Waals surface area contributed by atoms with Crippen LogP contribution in [0.4, 0.5) is 5.69 Å². The molecule has 0 fully saturated rings. The molecule has 3 aromatic rings. The lowest BCUT2D eigenvalue weighted by molar-refractivity contribution is -0.669. The maximum Gasteiger partial charge on any atom is 0.263 e. The minimum Gasteiger partial charge on any atom is -0.506 e. The SMILES string of the molecule is CCCCCCCCCCN1C(=CC2=C(O)C(=Cc3sc4cc(OC(C)C)ccc4[n+]3CCCCCCCCCC)C2=O)Oc2ccc(CO)cc21. The highest BCUT2D eigenvalue weighted by Gasteiger charge is 2.37. The maximum atomic E-state index is 13.7. The average Bonchev–Trinajstić information content (AvgIpc) is 3.67. The first-order valence-electron chi connectivity index (χ1n) is 20.1. The van der Waals surface area contributed by atoms with Gasteiger partial charge in [-0.1, -0.05) is 115 Å². The first kappa shape index (κ1) is 39.6. The van der Waals surface area contributed by atoms with Crippen molar-refractivity contribution >= 4 is 39.1 Å². The summed E-state index contributed by atoms with van der Waals surface area (Å²) in [6, 6.07) is 11.9. The van der Waals surface area contributed by atoms with Gasteiger partial charge in [-0.05, 0) is 50.5 Å². The molecular weight excluding hydrogens is 669 g/mol. The Labute approximate surface area is 315 Å². The smallest absolute Gasteiger partial charge is 0.263 e. The number of aromatic nitrogens is 1. The fourth-order valence-electron chi connectivity index (χ4n) is 7.12. The fourth-order valence-corrected chi connectivity index (χ4v) is 8.28. The number of aryl methyl sites for hydroxylation is 1. The van der Waals surface area contributed by atoms with Gasteiger partial charge in [-0.25, -0.2) is 0 Å². The van der Waals surface area contributed by atoms with Gasteiger partial charge < -0.3 is 24.6 Å². The Hall–Kier alpha value is -3.62. The second kappa shape index (κ2) is 20.0. The number of ketones is 1. The number of carbonyl (C=O) groups is 1. The number of carbonyl (C=O) groups excluding carboxylic acids is 1. The van der Waals surface area contributed by atoms with Crippen LogP contribution in [0.5, 0.6) is 11.5 Å². The Balaban J connectivity index is 1.34. The number of ether oxygens (including phenoxy) is 2. The van der Waals surface area contributed by atoms with Crippen LogP contribution in [0.3, 0.4) is 0 Å². The quantitative estimate of drug-likeness (QED) is 0.0574. The van der Waals surface area contributed by atoms with Gasteiger partial charge in [-0.2, -0.15) is 4.57 Å². The van der Waals surface area contributed by atoms with Crippen molar-refractivity contribution < 1.29 is 29.0 Å². The number of hydrogen-bond donors (Lipinski definition) is 2. The molecule has 2 heterocycles. The summed E-state index contributed by atoms with van der Waals surface area (Å²) in [4.78, 5) is 15.8. The maximum absolute atomic E-state index is 13.7. The molecule has 8 heteroatoms. The third-order valence-electron chi connectivity index (χ3n) is 10.1. The van der Waals surface area contributed by atoms with Crippen molar-refractivity contribution in [3.8, 4) is 11.5 Å². The Morgan fingerprint density at radius 2 is 1.50 bits per heavy atom. The summed E-state index contributed by atoms with van der Waals surface area (Å²) < 4.78 is 15.6. The Morgan fingerprint density at radius 1 is 0.846 bits per heavy atom. The van der Waals surface area contributed by atoms with Gasteiger partial charge in [0.1, 0.15) is 16.2 Å².